The molecule has 1 atom stereocenters. The third-order valence-electron chi connectivity index (χ3n) is 3.25. The van der Waals surface area contributed by atoms with Crippen LogP contribution in [0.1, 0.15) is 46.5 Å². The summed E-state index contributed by atoms with van der Waals surface area (Å²) in [6.07, 6.45) is 1.80. The van der Waals surface area contributed by atoms with Gasteiger partial charge >= 0.3 is 12.2 Å². The van der Waals surface area contributed by atoms with E-state index in [1.165, 1.54) is 0 Å². The molecule has 0 bridgehead atoms. The molecule has 0 rings (SSSR count). The van der Waals surface area contributed by atoms with E-state index < -0.39 is 23.9 Å². The Morgan fingerprint density at radius 2 is 1.57 bits per heavy atom. The van der Waals surface area contributed by atoms with Crippen molar-refractivity contribution in [3.8, 4) is 0 Å². The SMILES string of the molecule is CC(OC(=O)NCCCCCCNC(=O)OCCO)C(C)(C)O. The van der Waals surface area contributed by atoms with Crippen LogP contribution in [0.2, 0.25) is 0 Å². The van der Waals surface area contributed by atoms with E-state index in [0.717, 1.165) is 25.7 Å². The first-order valence-corrected chi connectivity index (χ1v) is 7.95. The summed E-state index contributed by atoms with van der Waals surface area (Å²) in [4.78, 5) is 22.5. The second-order valence-electron chi connectivity index (χ2n) is 5.83. The van der Waals surface area contributed by atoms with E-state index in [0.29, 0.717) is 13.1 Å². The first-order chi connectivity index (χ1) is 10.8. The minimum absolute atomic E-state index is 0.000314. The molecule has 0 aromatic rings. The van der Waals surface area contributed by atoms with Gasteiger partial charge in [-0.25, -0.2) is 9.59 Å². The summed E-state index contributed by atoms with van der Waals surface area (Å²) in [5.41, 5.74) is -1.07. The van der Waals surface area contributed by atoms with Crippen molar-refractivity contribution in [2.45, 2.75) is 58.2 Å². The number of unbranched alkanes of at least 4 members (excludes halogenated alkanes) is 3. The maximum Gasteiger partial charge on any atom is 0.407 e. The minimum atomic E-state index is -1.07. The second kappa shape index (κ2) is 12.0. The van der Waals surface area contributed by atoms with Crippen molar-refractivity contribution < 1.29 is 29.3 Å². The van der Waals surface area contributed by atoms with Crippen LogP contribution < -0.4 is 10.6 Å². The highest BCUT2D eigenvalue weighted by atomic mass is 16.6. The largest absolute Gasteiger partial charge is 0.447 e. The lowest BCUT2D eigenvalue weighted by Gasteiger charge is -2.25. The number of carbonyl (C=O) groups excluding carboxylic acids is 2. The Labute approximate surface area is 137 Å². The standard InChI is InChI=1S/C15H30N2O6/c1-12(15(2,3)21)23-14(20)17-9-7-5-4-6-8-16-13(19)22-11-10-18/h12,18,21H,4-11H2,1-3H3,(H,16,19)(H,17,20). The Morgan fingerprint density at radius 1 is 1.04 bits per heavy atom. The molecule has 0 spiro atoms. The molecule has 0 aromatic carbocycles. The molecule has 8 heteroatoms. The lowest BCUT2D eigenvalue weighted by Crippen LogP contribution is -2.40. The molecule has 4 N–H and O–H groups in total. The fourth-order valence-corrected chi connectivity index (χ4v) is 1.52. The number of aliphatic hydroxyl groups is 2. The third kappa shape index (κ3) is 12.7. The summed E-state index contributed by atoms with van der Waals surface area (Å²) in [6, 6.07) is 0. The van der Waals surface area contributed by atoms with Gasteiger partial charge in [0.25, 0.3) is 0 Å². The first-order valence-electron chi connectivity index (χ1n) is 7.95. The second-order valence-corrected chi connectivity index (χ2v) is 5.83. The molecule has 0 saturated heterocycles. The summed E-state index contributed by atoms with van der Waals surface area (Å²) < 4.78 is 9.68. The van der Waals surface area contributed by atoms with Gasteiger partial charge in [0.15, 0.2) is 0 Å². The van der Waals surface area contributed by atoms with Gasteiger partial charge in [0.05, 0.1) is 12.2 Å². The van der Waals surface area contributed by atoms with E-state index in [-0.39, 0.29) is 13.2 Å². The molecule has 0 aliphatic heterocycles. The zero-order chi connectivity index (χ0) is 17.7. The van der Waals surface area contributed by atoms with Crippen LogP contribution in [0.5, 0.6) is 0 Å². The predicted molar refractivity (Wildman–Crippen MR) is 85.1 cm³/mol. The van der Waals surface area contributed by atoms with E-state index in [1.807, 2.05) is 0 Å². The van der Waals surface area contributed by atoms with Gasteiger partial charge in [-0.15, -0.1) is 0 Å². The van der Waals surface area contributed by atoms with Crippen LogP contribution in [0.25, 0.3) is 0 Å². The average Bonchev–Trinajstić information content (AvgIpc) is 2.46. The molecule has 0 radical (unpaired) electrons. The molecular formula is C15H30N2O6. The van der Waals surface area contributed by atoms with Gasteiger partial charge < -0.3 is 30.3 Å². The number of hydrogen-bond donors (Lipinski definition) is 4. The molecule has 8 nitrogen and oxygen atoms in total. The zero-order valence-corrected chi connectivity index (χ0v) is 14.3. The van der Waals surface area contributed by atoms with Crippen molar-refractivity contribution in [1.29, 1.82) is 0 Å². The number of aliphatic hydroxyl groups excluding tert-OH is 1. The highest BCUT2D eigenvalue weighted by Gasteiger charge is 2.25. The zero-order valence-electron chi connectivity index (χ0n) is 14.3. The summed E-state index contributed by atoms with van der Waals surface area (Å²) in [5.74, 6) is 0. The van der Waals surface area contributed by atoms with Crippen LogP contribution in [0.15, 0.2) is 0 Å². The Morgan fingerprint density at radius 3 is 2.04 bits per heavy atom. The number of ether oxygens (including phenoxy) is 2. The van der Waals surface area contributed by atoms with Crippen LogP contribution in [0, 0.1) is 0 Å². The number of hydrogen-bond acceptors (Lipinski definition) is 6. The highest BCUT2D eigenvalue weighted by Crippen LogP contribution is 2.11. The average molecular weight is 334 g/mol. The molecule has 136 valence electrons. The molecule has 0 saturated carbocycles. The van der Waals surface area contributed by atoms with Gasteiger partial charge in [-0.05, 0) is 33.6 Å². The highest BCUT2D eigenvalue weighted by molar-refractivity contribution is 5.67. The van der Waals surface area contributed by atoms with Crippen LogP contribution in [-0.2, 0) is 9.47 Å². The van der Waals surface area contributed by atoms with Gasteiger partial charge in [0.2, 0.25) is 0 Å². The number of rotatable bonds is 11. The molecule has 2 amide bonds. The van der Waals surface area contributed by atoms with Crippen molar-refractivity contribution >= 4 is 12.2 Å². The molecule has 0 aromatic heterocycles. The maximum absolute atomic E-state index is 11.5. The van der Waals surface area contributed by atoms with Gasteiger partial charge in [0, 0.05) is 13.1 Å². The molecule has 0 aliphatic rings. The first kappa shape index (κ1) is 21.5. The molecule has 0 fully saturated rings. The maximum atomic E-state index is 11.5. The minimum Gasteiger partial charge on any atom is -0.447 e. The van der Waals surface area contributed by atoms with E-state index in [4.69, 9.17) is 9.84 Å². The van der Waals surface area contributed by atoms with Gasteiger partial charge in [-0.2, -0.15) is 0 Å². The Bertz CT molecular complexity index is 343. The smallest absolute Gasteiger partial charge is 0.407 e. The lowest BCUT2D eigenvalue weighted by atomic mass is 10.0. The van der Waals surface area contributed by atoms with Crippen molar-refractivity contribution in [2.75, 3.05) is 26.3 Å². The molecule has 0 aliphatic carbocycles. The summed E-state index contributed by atoms with van der Waals surface area (Å²) in [7, 11) is 0. The number of carbonyl (C=O) groups is 2. The molecular weight excluding hydrogens is 304 g/mol. The monoisotopic (exact) mass is 334 g/mol. The normalized spacial score (nSPS) is 12.4. The number of alkyl carbamates (subject to hydrolysis) is 2. The van der Waals surface area contributed by atoms with Crippen LogP contribution in [0.4, 0.5) is 9.59 Å². The fourth-order valence-electron chi connectivity index (χ4n) is 1.52. The Hall–Kier alpha value is -1.54. The lowest BCUT2D eigenvalue weighted by molar-refractivity contribution is -0.0458. The van der Waals surface area contributed by atoms with Crippen LogP contribution in [0.3, 0.4) is 0 Å². The van der Waals surface area contributed by atoms with Gasteiger partial charge in [-0.1, -0.05) is 12.8 Å². The van der Waals surface area contributed by atoms with Crippen LogP contribution in [-0.4, -0.2) is 60.4 Å². The van der Waals surface area contributed by atoms with Crippen LogP contribution >= 0.6 is 0 Å². The fraction of sp³-hybridized carbons (Fsp3) is 0.867. The molecule has 1 unspecified atom stereocenters. The molecule has 23 heavy (non-hydrogen) atoms. The summed E-state index contributed by atoms with van der Waals surface area (Å²) in [6.45, 7) is 5.64. The quantitative estimate of drug-likeness (QED) is 0.421. The van der Waals surface area contributed by atoms with Gasteiger partial charge in [-0.3, -0.25) is 0 Å². The van der Waals surface area contributed by atoms with Crippen molar-refractivity contribution in [1.82, 2.24) is 10.6 Å². The topological polar surface area (TPSA) is 117 Å². The third-order valence-corrected chi connectivity index (χ3v) is 3.25. The Kier molecular flexibility index (Phi) is 11.2. The van der Waals surface area contributed by atoms with Crippen molar-refractivity contribution in [2.24, 2.45) is 0 Å². The van der Waals surface area contributed by atoms with E-state index in [9.17, 15) is 14.7 Å². The van der Waals surface area contributed by atoms with E-state index >= 15 is 0 Å². The van der Waals surface area contributed by atoms with Crippen molar-refractivity contribution in [3.63, 3.8) is 0 Å². The Balaban J connectivity index is 3.46. The number of amides is 2. The predicted octanol–water partition coefficient (Wildman–Crippen LogP) is 1.15. The van der Waals surface area contributed by atoms with E-state index in [1.54, 1.807) is 20.8 Å². The summed E-state index contributed by atoms with van der Waals surface area (Å²) in [5, 5.41) is 23.3. The summed E-state index contributed by atoms with van der Waals surface area (Å²) >= 11 is 0. The van der Waals surface area contributed by atoms with Crippen molar-refractivity contribution in [3.05, 3.63) is 0 Å². The van der Waals surface area contributed by atoms with E-state index in [2.05, 4.69) is 15.4 Å². The number of nitrogens with one attached hydrogen (secondary N) is 2. The molecule has 0 heterocycles. The van der Waals surface area contributed by atoms with Gasteiger partial charge in [0.1, 0.15) is 12.7 Å².